The molecule has 0 aliphatic rings. The van der Waals surface area contributed by atoms with Crippen molar-refractivity contribution in [1.82, 2.24) is 39.0 Å². The van der Waals surface area contributed by atoms with Crippen LogP contribution in [0.3, 0.4) is 0 Å². The highest BCUT2D eigenvalue weighted by Crippen LogP contribution is 2.36. The lowest BCUT2D eigenvalue weighted by Gasteiger charge is -2.12. The Balaban J connectivity index is 1.20. The monoisotopic (exact) mass is 718 g/mol. The van der Waals surface area contributed by atoms with Gasteiger partial charge in [0.2, 0.25) is 5.95 Å². The molecule has 0 bridgehead atoms. The molecule has 0 spiro atoms. The van der Waals surface area contributed by atoms with Gasteiger partial charge in [-0.2, -0.15) is 9.97 Å². The Morgan fingerprint density at radius 3 is 1.54 bits per heavy atom. The Bertz CT molecular complexity index is 3140. The minimum Gasteiger partial charge on any atom is -0.292 e. The minimum atomic E-state index is 0.421. The van der Waals surface area contributed by atoms with E-state index in [1.54, 1.807) is 6.20 Å². The second-order valence-electron chi connectivity index (χ2n) is 13.6. The zero-order valence-corrected chi connectivity index (χ0v) is 29.9. The molecule has 262 valence electrons. The van der Waals surface area contributed by atoms with E-state index in [0.717, 1.165) is 66.7 Å². The first-order valence-electron chi connectivity index (χ1n) is 18.5. The topological polar surface area (TPSA) is 87.2 Å². The normalized spacial score (nSPS) is 11.6. The van der Waals surface area contributed by atoms with Gasteiger partial charge in [0.1, 0.15) is 16.6 Å². The van der Waals surface area contributed by atoms with Crippen molar-refractivity contribution in [1.29, 1.82) is 0 Å². The molecule has 6 aromatic carbocycles. The van der Waals surface area contributed by atoms with Gasteiger partial charge >= 0.3 is 0 Å². The van der Waals surface area contributed by atoms with Gasteiger partial charge in [0.05, 0.1) is 11.0 Å². The average molecular weight is 719 g/mol. The zero-order chi connectivity index (χ0) is 37.0. The van der Waals surface area contributed by atoms with Crippen molar-refractivity contribution in [3.8, 4) is 56.7 Å². The Hall–Kier alpha value is -7.84. The number of nitrogens with zero attached hydrogens (tertiary/aromatic N) is 8. The highest BCUT2D eigenvalue weighted by Gasteiger charge is 2.24. The summed E-state index contributed by atoms with van der Waals surface area (Å²) >= 11 is 0. The minimum absolute atomic E-state index is 0.421. The predicted octanol–water partition coefficient (Wildman–Crippen LogP) is 10.9. The summed E-state index contributed by atoms with van der Waals surface area (Å²) in [4.78, 5) is 31.3. The summed E-state index contributed by atoms with van der Waals surface area (Å²) in [6.07, 6.45) is 1.79. The van der Waals surface area contributed by atoms with Crippen LogP contribution in [0.1, 0.15) is 0 Å². The van der Waals surface area contributed by atoms with E-state index in [1.807, 2.05) is 108 Å². The van der Waals surface area contributed by atoms with E-state index in [-0.39, 0.29) is 0 Å². The van der Waals surface area contributed by atoms with Crippen LogP contribution >= 0.6 is 0 Å². The first-order valence-corrected chi connectivity index (χ1v) is 18.5. The summed E-state index contributed by atoms with van der Waals surface area (Å²) < 4.78 is 4.15. The Labute approximate surface area is 321 Å². The van der Waals surface area contributed by atoms with Gasteiger partial charge in [0.15, 0.2) is 22.9 Å². The van der Waals surface area contributed by atoms with Crippen LogP contribution in [0.15, 0.2) is 182 Å². The van der Waals surface area contributed by atoms with E-state index >= 15 is 0 Å². The van der Waals surface area contributed by atoms with Crippen molar-refractivity contribution in [2.24, 2.45) is 0 Å². The number of para-hydroxylation sites is 2. The second kappa shape index (κ2) is 12.9. The van der Waals surface area contributed by atoms with Gasteiger partial charge in [-0.05, 0) is 64.7 Å². The highest BCUT2D eigenvalue weighted by molar-refractivity contribution is 6.11. The molecule has 0 unspecified atom stereocenters. The maximum atomic E-state index is 5.44. The molecule has 0 saturated heterocycles. The van der Waals surface area contributed by atoms with Crippen LogP contribution in [0.25, 0.3) is 101 Å². The van der Waals surface area contributed by atoms with E-state index in [1.165, 1.54) is 0 Å². The summed E-state index contributed by atoms with van der Waals surface area (Å²) in [5.41, 5.74) is 12.4. The molecular weight excluding hydrogens is 689 g/mol. The number of hydrogen-bond acceptors (Lipinski definition) is 6. The van der Waals surface area contributed by atoms with Crippen molar-refractivity contribution < 1.29 is 0 Å². The molecule has 0 fully saturated rings. The van der Waals surface area contributed by atoms with Gasteiger partial charge < -0.3 is 0 Å². The average Bonchev–Trinajstić information content (AvgIpc) is 3.78. The van der Waals surface area contributed by atoms with Gasteiger partial charge in [-0.15, -0.1) is 0 Å². The number of pyridine rings is 1. The number of benzene rings is 6. The van der Waals surface area contributed by atoms with E-state index < -0.39 is 0 Å². The molecule has 11 rings (SSSR count). The highest BCUT2D eigenvalue weighted by atomic mass is 15.2. The van der Waals surface area contributed by atoms with Crippen LogP contribution in [0.2, 0.25) is 0 Å². The molecule has 0 radical (unpaired) electrons. The smallest absolute Gasteiger partial charge is 0.240 e. The molecule has 0 aliphatic carbocycles. The van der Waals surface area contributed by atoms with Crippen LogP contribution in [-0.4, -0.2) is 39.0 Å². The Morgan fingerprint density at radius 1 is 0.339 bits per heavy atom. The van der Waals surface area contributed by atoms with Crippen molar-refractivity contribution in [2.75, 3.05) is 0 Å². The van der Waals surface area contributed by atoms with E-state index in [4.69, 9.17) is 29.9 Å². The standard InChI is InChI=1S/C48H30N8/c1-4-15-31(16-5-1)33-19-12-21-35(29-33)44-51-45(36-22-13-20-34(30-36)32-17-6-2-7-18-32)53-48(52-44)56-40-27-14-28-49-42(40)43-47(56)54-46-41(50-43)38-25-10-11-26-39(38)55(46)37-23-8-3-9-24-37/h1-30H. The van der Waals surface area contributed by atoms with Gasteiger partial charge in [-0.25, -0.2) is 15.0 Å². The zero-order valence-electron chi connectivity index (χ0n) is 29.9. The third kappa shape index (κ3) is 5.23. The lowest BCUT2D eigenvalue weighted by molar-refractivity contribution is 0.943. The first-order chi connectivity index (χ1) is 27.8. The molecule has 5 heterocycles. The molecule has 0 saturated carbocycles. The van der Waals surface area contributed by atoms with Crippen LogP contribution in [0.4, 0.5) is 0 Å². The van der Waals surface area contributed by atoms with Crippen LogP contribution < -0.4 is 0 Å². The summed E-state index contributed by atoms with van der Waals surface area (Å²) in [7, 11) is 0. The quantitative estimate of drug-likeness (QED) is 0.170. The molecule has 11 aromatic rings. The Kier molecular flexibility index (Phi) is 7.31. The molecular formula is C48H30N8. The van der Waals surface area contributed by atoms with Gasteiger partial charge in [-0.3, -0.25) is 14.1 Å². The van der Waals surface area contributed by atoms with E-state index in [0.29, 0.717) is 34.3 Å². The number of rotatable bonds is 6. The fourth-order valence-electron chi connectivity index (χ4n) is 7.63. The van der Waals surface area contributed by atoms with Gasteiger partial charge in [0.25, 0.3) is 0 Å². The third-order valence-corrected chi connectivity index (χ3v) is 10.2. The lowest BCUT2D eigenvalue weighted by atomic mass is 10.0. The molecule has 0 atom stereocenters. The van der Waals surface area contributed by atoms with Crippen molar-refractivity contribution in [2.45, 2.75) is 0 Å². The molecule has 0 N–H and O–H groups in total. The van der Waals surface area contributed by atoms with Crippen LogP contribution in [-0.2, 0) is 0 Å². The SMILES string of the molecule is c1ccc(-c2cccc(-c3nc(-c4cccc(-c5ccccc5)c4)nc(-n4c5cccnc5c5nc6c7ccccc7n(-c7ccccc7)c6nc54)n3)c2)cc1. The summed E-state index contributed by atoms with van der Waals surface area (Å²) in [6, 6.07) is 59.9. The Morgan fingerprint density at radius 2 is 0.875 bits per heavy atom. The molecule has 0 aliphatic heterocycles. The lowest BCUT2D eigenvalue weighted by Crippen LogP contribution is -2.07. The predicted molar refractivity (Wildman–Crippen MR) is 224 cm³/mol. The van der Waals surface area contributed by atoms with Gasteiger partial charge in [0, 0.05) is 28.4 Å². The summed E-state index contributed by atoms with van der Waals surface area (Å²) in [6.45, 7) is 0. The summed E-state index contributed by atoms with van der Waals surface area (Å²) in [5, 5.41) is 1.01. The second-order valence-corrected chi connectivity index (χ2v) is 13.6. The molecule has 8 nitrogen and oxygen atoms in total. The molecule has 8 heteroatoms. The molecule has 56 heavy (non-hydrogen) atoms. The fraction of sp³-hybridized carbons (Fsp3) is 0. The maximum absolute atomic E-state index is 5.44. The fourth-order valence-corrected chi connectivity index (χ4v) is 7.63. The third-order valence-electron chi connectivity index (χ3n) is 10.2. The van der Waals surface area contributed by atoms with Crippen molar-refractivity contribution in [3.05, 3.63) is 182 Å². The van der Waals surface area contributed by atoms with Crippen LogP contribution in [0, 0.1) is 0 Å². The van der Waals surface area contributed by atoms with Crippen molar-refractivity contribution >= 4 is 44.3 Å². The molecule has 5 aromatic heterocycles. The first kappa shape index (κ1) is 31.7. The number of aromatic nitrogens is 8. The van der Waals surface area contributed by atoms with Gasteiger partial charge in [-0.1, -0.05) is 133 Å². The summed E-state index contributed by atoms with van der Waals surface area (Å²) in [5.74, 6) is 1.50. The number of hydrogen-bond donors (Lipinski definition) is 0. The largest absolute Gasteiger partial charge is 0.292 e. The number of fused-ring (bicyclic) bond motifs is 6. The van der Waals surface area contributed by atoms with E-state index in [9.17, 15) is 0 Å². The van der Waals surface area contributed by atoms with E-state index in [2.05, 4.69) is 77.4 Å². The maximum Gasteiger partial charge on any atom is 0.240 e. The van der Waals surface area contributed by atoms with Crippen LogP contribution in [0.5, 0.6) is 0 Å². The van der Waals surface area contributed by atoms with Crippen molar-refractivity contribution in [3.63, 3.8) is 0 Å². The molecule has 0 amide bonds.